The van der Waals surface area contributed by atoms with Gasteiger partial charge in [0.15, 0.2) is 0 Å². The molecule has 114 valence electrons. The quantitative estimate of drug-likeness (QED) is 0.598. The van der Waals surface area contributed by atoms with E-state index in [1.807, 2.05) is 30.1 Å². The molecular formula is C18H13ClN2S2. The Morgan fingerprint density at radius 1 is 1.17 bits per heavy atom. The summed E-state index contributed by atoms with van der Waals surface area (Å²) in [6, 6.07) is 10.2. The van der Waals surface area contributed by atoms with Crippen LogP contribution in [-0.4, -0.2) is 16.0 Å². The van der Waals surface area contributed by atoms with Crippen molar-refractivity contribution in [2.75, 3.05) is 5.75 Å². The number of hydrogen-bond donors (Lipinski definition) is 0. The third-order valence-electron chi connectivity index (χ3n) is 3.72. The van der Waals surface area contributed by atoms with Crippen molar-refractivity contribution in [2.45, 2.75) is 6.42 Å². The lowest BCUT2D eigenvalue weighted by Gasteiger charge is -2.08. The van der Waals surface area contributed by atoms with Crippen molar-refractivity contribution in [3.05, 3.63) is 70.4 Å². The van der Waals surface area contributed by atoms with Crippen molar-refractivity contribution in [2.24, 2.45) is 0 Å². The normalized spacial score (nSPS) is 14.2. The van der Waals surface area contributed by atoms with Crippen molar-refractivity contribution < 1.29 is 0 Å². The maximum atomic E-state index is 5.98. The summed E-state index contributed by atoms with van der Waals surface area (Å²) in [5.74, 6) is 1.03. The van der Waals surface area contributed by atoms with Gasteiger partial charge in [0.25, 0.3) is 0 Å². The summed E-state index contributed by atoms with van der Waals surface area (Å²) in [6.45, 7) is 0. The van der Waals surface area contributed by atoms with Crippen LogP contribution in [0.15, 0.2) is 59.7 Å². The van der Waals surface area contributed by atoms with Crippen molar-refractivity contribution in [1.82, 2.24) is 10.2 Å². The van der Waals surface area contributed by atoms with Gasteiger partial charge in [-0.1, -0.05) is 41.5 Å². The molecule has 2 aromatic heterocycles. The highest BCUT2D eigenvalue weighted by molar-refractivity contribution is 8.02. The summed E-state index contributed by atoms with van der Waals surface area (Å²) < 4.78 is 1.18. The Bertz CT molecular complexity index is 910. The van der Waals surface area contributed by atoms with Gasteiger partial charge in [-0.2, -0.15) is 10.2 Å². The summed E-state index contributed by atoms with van der Waals surface area (Å²) in [5, 5.41) is 12.7. The van der Waals surface area contributed by atoms with Gasteiger partial charge in [-0.15, -0.1) is 23.1 Å². The molecule has 23 heavy (non-hydrogen) atoms. The molecule has 0 aliphatic carbocycles. The summed E-state index contributed by atoms with van der Waals surface area (Å²) in [5.41, 5.74) is 3.62. The van der Waals surface area contributed by atoms with Crippen LogP contribution in [0.4, 0.5) is 0 Å². The number of thioether (sulfide) groups is 1. The van der Waals surface area contributed by atoms with E-state index in [0.29, 0.717) is 0 Å². The topological polar surface area (TPSA) is 25.8 Å². The van der Waals surface area contributed by atoms with Crippen LogP contribution < -0.4 is 0 Å². The molecule has 0 amide bonds. The van der Waals surface area contributed by atoms with E-state index >= 15 is 0 Å². The first kappa shape index (κ1) is 14.9. The molecule has 3 heterocycles. The SMILES string of the molecule is Clc1ccc(-c2cc3c(CC4=CC=CSC4)nncc3s2)cc1. The number of fused-ring (bicyclic) bond motifs is 1. The highest BCUT2D eigenvalue weighted by Gasteiger charge is 2.12. The zero-order chi connectivity index (χ0) is 15.6. The predicted octanol–water partition coefficient (Wildman–Crippen LogP) is 5.74. The van der Waals surface area contributed by atoms with E-state index < -0.39 is 0 Å². The second-order valence-corrected chi connectivity index (χ2v) is 7.74. The lowest BCUT2D eigenvalue weighted by Crippen LogP contribution is -1.99. The third kappa shape index (κ3) is 3.20. The average Bonchev–Trinajstić information content (AvgIpc) is 3.02. The zero-order valence-electron chi connectivity index (χ0n) is 12.2. The molecule has 1 aliphatic heterocycles. The maximum absolute atomic E-state index is 5.98. The van der Waals surface area contributed by atoms with E-state index in [0.717, 1.165) is 22.9 Å². The first-order valence-electron chi connectivity index (χ1n) is 7.26. The van der Waals surface area contributed by atoms with Gasteiger partial charge in [-0.05, 0) is 29.2 Å². The first-order chi connectivity index (χ1) is 11.3. The molecule has 3 aromatic rings. The molecule has 2 nitrogen and oxygen atoms in total. The molecule has 0 atom stereocenters. The fraction of sp³-hybridized carbons (Fsp3) is 0.111. The molecule has 4 rings (SSSR count). The minimum atomic E-state index is 0.758. The molecule has 0 saturated carbocycles. The number of aromatic nitrogens is 2. The number of halogens is 1. The van der Waals surface area contributed by atoms with Crippen LogP contribution in [0, 0.1) is 0 Å². The molecule has 0 fully saturated rings. The number of hydrogen-bond acceptors (Lipinski definition) is 4. The largest absolute Gasteiger partial charge is 0.157 e. The lowest BCUT2D eigenvalue weighted by atomic mass is 10.1. The van der Waals surface area contributed by atoms with E-state index in [-0.39, 0.29) is 0 Å². The Labute approximate surface area is 147 Å². The fourth-order valence-electron chi connectivity index (χ4n) is 2.58. The first-order valence-corrected chi connectivity index (χ1v) is 9.50. The van der Waals surface area contributed by atoms with Gasteiger partial charge in [0, 0.05) is 27.5 Å². The Hall–Kier alpha value is -1.62. The number of benzene rings is 1. The molecule has 0 bridgehead atoms. The fourth-order valence-corrected chi connectivity index (χ4v) is 4.46. The van der Waals surface area contributed by atoms with Crippen molar-refractivity contribution in [3.8, 4) is 10.4 Å². The van der Waals surface area contributed by atoms with E-state index in [1.54, 1.807) is 11.3 Å². The minimum Gasteiger partial charge on any atom is -0.157 e. The van der Waals surface area contributed by atoms with Gasteiger partial charge >= 0.3 is 0 Å². The number of nitrogens with zero attached hydrogens (tertiary/aromatic N) is 2. The van der Waals surface area contributed by atoms with Crippen LogP contribution in [0.3, 0.4) is 0 Å². The molecule has 0 N–H and O–H groups in total. The molecule has 0 saturated heterocycles. The zero-order valence-corrected chi connectivity index (χ0v) is 14.6. The predicted molar refractivity (Wildman–Crippen MR) is 101 cm³/mol. The van der Waals surface area contributed by atoms with E-state index in [9.17, 15) is 0 Å². The standard InChI is InChI=1S/C18H13ClN2S2/c19-14-5-3-13(4-6-14)17-9-15-16(21-20-10-18(15)23-17)8-12-2-1-7-22-11-12/h1-7,9-10H,8,11H2. The Balaban J connectivity index is 1.73. The highest BCUT2D eigenvalue weighted by atomic mass is 35.5. The van der Waals surface area contributed by atoms with Crippen LogP contribution in [0.1, 0.15) is 5.69 Å². The molecule has 5 heteroatoms. The van der Waals surface area contributed by atoms with Crippen LogP contribution in [0.25, 0.3) is 20.5 Å². The van der Waals surface area contributed by atoms with Crippen LogP contribution >= 0.6 is 34.7 Å². The molecule has 1 aromatic carbocycles. The maximum Gasteiger partial charge on any atom is 0.0758 e. The lowest BCUT2D eigenvalue weighted by molar-refractivity contribution is 0.952. The number of rotatable bonds is 3. The van der Waals surface area contributed by atoms with Gasteiger partial charge in [0.1, 0.15) is 0 Å². The monoisotopic (exact) mass is 356 g/mol. The molecule has 0 radical (unpaired) electrons. The Kier molecular flexibility index (Phi) is 4.21. The van der Waals surface area contributed by atoms with Crippen molar-refractivity contribution >= 4 is 44.8 Å². The van der Waals surface area contributed by atoms with Crippen LogP contribution in [0.5, 0.6) is 0 Å². The van der Waals surface area contributed by atoms with E-state index in [2.05, 4.69) is 46.0 Å². The average molecular weight is 357 g/mol. The summed E-state index contributed by atoms with van der Waals surface area (Å²) >= 11 is 9.55. The molecule has 0 unspecified atom stereocenters. The second-order valence-electron chi connectivity index (χ2n) is 5.33. The Morgan fingerprint density at radius 2 is 2.04 bits per heavy atom. The molecule has 1 aliphatic rings. The third-order valence-corrected chi connectivity index (χ3v) is 5.98. The second kappa shape index (κ2) is 6.48. The van der Waals surface area contributed by atoms with Crippen LogP contribution in [-0.2, 0) is 6.42 Å². The van der Waals surface area contributed by atoms with Gasteiger partial charge in [-0.3, -0.25) is 0 Å². The summed E-state index contributed by atoms with van der Waals surface area (Å²) in [7, 11) is 0. The van der Waals surface area contributed by atoms with Gasteiger partial charge < -0.3 is 0 Å². The van der Waals surface area contributed by atoms with Gasteiger partial charge in [-0.25, -0.2) is 0 Å². The summed E-state index contributed by atoms with van der Waals surface area (Å²) in [4.78, 5) is 1.22. The van der Waals surface area contributed by atoms with Crippen LogP contribution in [0.2, 0.25) is 5.02 Å². The Morgan fingerprint density at radius 3 is 2.83 bits per heavy atom. The smallest absolute Gasteiger partial charge is 0.0758 e. The number of allylic oxidation sites excluding steroid dienone is 2. The van der Waals surface area contributed by atoms with Crippen molar-refractivity contribution in [1.29, 1.82) is 0 Å². The van der Waals surface area contributed by atoms with Gasteiger partial charge in [0.2, 0.25) is 0 Å². The van der Waals surface area contributed by atoms with Crippen molar-refractivity contribution in [3.63, 3.8) is 0 Å². The number of thiophene rings is 1. The molecule has 0 spiro atoms. The van der Waals surface area contributed by atoms with E-state index in [1.165, 1.54) is 26.1 Å². The molecular weight excluding hydrogens is 344 g/mol. The summed E-state index contributed by atoms with van der Waals surface area (Å²) in [6.07, 6.45) is 7.00. The highest BCUT2D eigenvalue weighted by Crippen LogP contribution is 2.35. The van der Waals surface area contributed by atoms with Gasteiger partial charge in [0.05, 0.1) is 16.6 Å². The minimum absolute atomic E-state index is 0.758. The van der Waals surface area contributed by atoms with E-state index in [4.69, 9.17) is 11.6 Å².